The Balaban J connectivity index is 1.63. The van der Waals surface area contributed by atoms with Crippen molar-refractivity contribution in [2.45, 2.75) is 19.3 Å². The average Bonchev–Trinajstić information content (AvgIpc) is 2.73. The molecule has 0 saturated carbocycles. The predicted octanol–water partition coefficient (Wildman–Crippen LogP) is 2.77. The fraction of sp³-hybridized carbons (Fsp3) is 0.533. The highest BCUT2D eigenvalue weighted by molar-refractivity contribution is 7.99. The summed E-state index contributed by atoms with van der Waals surface area (Å²) in [7, 11) is 0. The minimum absolute atomic E-state index is 0.107. The average molecular weight is 278 g/mol. The second-order valence-corrected chi connectivity index (χ2v) is 6.00. The third kappa shape index (κ3) is 5.15. The molecular weight excluding hydrogens is 256 g/mol. The summed E-state index contributed by atoms with van der Waals surface area (Å²) in [5.74, 6) is 2.25. The van der Waals surface area contributed by atoms with E-state index >= 15 is 0 Å². The van der Waals surface area contributed by atoms with Crippen LogP contribution in [-0.2, 0) is 6.42 Å². The largest absolute Gasteiger partial charge is 0.338 e. The van der Waals surface area contributed by atoms with E-state index in [9.17, 15) is 4.79 Å². The highest BCUT2D eigenvalue weighted by Gasteiger charge is 2.14. The van der Waals surface area contributed by atoms with Gasteiger partial charge >= 0.3 is 6.03 Å². The maximum atomic E-state index is 12.0. The number of hydrogen-bond donors (Lipinski definition) is 1. The lowest BCUT2D eigenvalue weighted by Crippen LogP contribution is -2.41. The topological polar surface area (TPSA) is 32.3 Å². The Morgan fingerprint density at radius 3 is 2.89 bits per heavy atom. The van der Waals surface area contributed by atoms with Crippen LogP contribution < -0.4 is 5.32 Å². The van der Waals surface area contributed by atoms with E-state index in [1.54, 1.807) is 0 Å². The Morgan fingerprint density at radius 1 is 1.21 bits per heavy atom. The zero-order valence-electron chi connectivity index (χ0n) is 11.3. The van der Waals surface area contributed by atoms with Crippen molar-refractivity contribution in [3.05, 3.63) is 35.9 Å². The van der Waals surface area contributed by atoms with E-state index in [-0.39, 0.29) is 6.03 Å². The normalized spacial score (nSPS) is 15.9. The molecule has 0 bridgehead atoms. The summed E-state index contributed by atoms with van der Waals surface area (Å²) in [4.78, 5) is 13.9. The zero-order valence-corrected chi connectivity index (χ0v) is 12.1. The fourth-order valence-corrected chi connectivity index (χ4v) is 3.08. The van der Waals surface area contributed by atoms with Crippen molar-refractivity contribution in [2.24, 2.45) is 0 Å². The van der Waals surface area contributed by atoms with Crippen molar-refractivity contribution in [1.29, 1.82) is 0 Å². The van der Waals surface area contributed by atoms with Crippen molar-refractivity contribution >= 4 is 17.8 Å². The molecule has 1 heterocycles. The Hall–Kier alpha value is -1.16. The maximum absolute atomic E-state index is 12.0. The van der Waals surface area contributed by atoms with E-state index in [2.05, 4.69) is 29.6 Å². The quantitative estimate of drug-likeness (QED) is 0.859. The highest BCUT2D eigenvalue weighted by Crippen LogP contribution is 2.09. The molecule has 0 atom stereocenters. The summed E-state index contributed by atoms with van der Waals surface area (Å²) in [5, 5.41) is 3.03. The minimum atomic E-state index is 0.107. The highest BCUT2D eigenvalue weighted by atomic mass is 32.2. The molecule has 3 nitrogen and oxygen atoms in total. The molecular formula is C15H22N2OS. The molecule has 1 aromatic rings. The monoisotopic (exact) mass is 278 g/mol. The van der Waals surface area contributed by atoms with Crippen LogP contribution >= 0.6 is 11.8 Å². The molecule has 0 radical (unpaired) electrons. The van der Waals surface area contributed by atoms with Crippen LogP contribution in [0.4, 0.5) is 4.79 Å². The van der Waals surface area contributed by atoms with Gasteiger partial charge in [0.2, 0.25) is 0 Å². The van der Waals surface area contributed by atoms with E-state index < -0.39 is 0 Å². The van der Waals surface area contributed by atoms with Crippen LogP contribution in [0.5, 0.6) is 0 Å². The number of thioether (sulfide) groups is 1. The smallest absolute Gasteiger partial charge is 0.317 e. The summed E-state index contributed by atoms with van der Waals surface area (Å²) in [6, 6.07) is 10.5. The van der Waals surface area contributed by atoms with Crippen molar-refractivity contribution in [3.8, 4) is 0 Å². The first-order chi connectivity index (χ1) is 9.36. The molecule has 1 N–H and O–H groups in total. The van der Waals surface area contributed by atoms with Crippen LogP contribution in [0, 0.1) is 0 Å². The summed E-state index contributed by atoms with van der Waals surface area (Å²) in [5.41, 5.74) is 1.34. The van der Waals surface area contributed by atoms with Crippen molar-refractivity contribution in [1.82, 2.24) is 10.2 Å². The molecule has 0 aliphatic carbocycles. The van der Waals surface area contributed by atoms with E-state index in [1.165, 1.54) is 11.3 Å². The van der Waals surface area contributed by atoms with Crippen molar-refractivity contribution in [3.63, 3.8) is 0 Å². The summed E-state index contributed by atoms with van der Waals surface area (Å²) < 4.78 is 0. The van der Waals surface area contributed by atoms with E-state index in [0.717, 1.165) is 44.6 Å². The molecule has 1 saturated heterocycles. The Morgan fingerprint density at radius 2 is 2.05 bits per heavy atom. The molecule has 1 aliphatic rings. The first-order valence-electron chi connectivity index (χ1n) is 7.01. The van der Waals surface area contributed by atoms with Gasteiger partial charge in [-0.2, -0.15) is 11.8 Å². The molecule has 1 aliphatic heterocycles. The summed E-state index contributed by atoms with van der Waals surface area (Å²) in [6.07, 6.45) is 3.14. The molecule has 1 fully saturated rings. The second-order valence-electron chi connectivity index (χ2n) is 4.77. The third-order valence-electron chi connectivity index (χ3n) is 3.27. The minimum Gasteiger partial charge on any atom is -0.338 e. The number of rotatable bonds is 4. The Bertz CT molecular complexity index is 375. The van der Waals surface area contributed by atoms with Gasteiger partial charge in [-0.3, -0.25) is 0 Å². The van der Waals surface area contributed by atoms with E-state index in [0.29, 0.717) is 0 Å². The van der Waals surface area contributed by atoms with Crippen LogP contribution in [0.15, 0.2) is 30.3 Å². The molecule has 104 valence electrons. The number of nitrogens with zero attached hydrogens (tertiary/aromatic N) is 1. The molecule has 4 heteroatoms. The van der Waals surface area contributed by atoms with Crippen LogP contribution in [0.25, 0.3) is 0 Å². The van der Waals surface area contributed by atoms with Gasteiger partial charge in [0.25, 0.3) is 0 Å². The molecule has 0 aromatic heterocycles. The van der Waals surface area contributed by atoms with Gasteiger partial charge in [0, 0.05) is 25.4 Å². The number of urea groups is 1. The molecule has 19 heavy (non-hydrogen) atoms. The van der Waals surface area contributed by atoms with Gasteiger partial charge in [0.05, 0.1) is 0 Å². The molecule has 1 aromatic carbocycles. The van der Waals surface area contributed by atoms with Gasteiger partial charge in [-0.05, 0) is 30.6 Å². The van der Waals surface area contributed by atoms with Crippen molar-refractivity contribution in [2.75, 3.05) is 31.1 Å². The molecule has 0 unspecified atom stereocenters. The number of benzene rings is 1. The van der Waals surface area contributed by atoms with Crippen LogP contribution in [0.3, 0.4) is 0 Å². The fourth-order valence-electron chi connectivity index (χ4n) is 2.19. The molecule has 2 rings (SSSR count). The lowest BCUT2D eigenvalue weighted by molar-refractivity contribution is 0.202. The van der Waals surface area contributed by atoms with Gasteiger partial charge in [-0.25, -0.2) is 4.79 Å². The van der Waals surface area contributed by atoms with E-state index in [4.69, 9.17) is 0 Å². The molecule has 0 spiro atoms. The molecule has 2 amide bonds. The second kappa shape index (κ2) is 8.10. The summed E-state index contributed by atoms with van der Waals surface area (Å²) in [6.45, 7) is 2.55. The van der Waals surface area contributed by atoms with Gasteiger partial charge in [-0.1, -0.05) is 30.3 Å². The van der Waals surface area contributed by atoms with Gasteiger partial charge in [-0.15, -0.1) is 0 Å². The number of amides is 2. The lowest BCUT2D eigenvalue weighted by atomic mass is 10.1. The van der Waals surface area contributed by atoms with Crippen LogP contribution in [0.2, 0.25) is 0 Å². The van der Waals surface area contributed by atoms with Gasteiger partial charge < -0.3 is 10.2 Å². The van der Waals surface area contributed by atoms with Crippen molar-refractivity contribution < 1.29 is 4.79 Å². The number of aryl methyl sites for hydroxylation is 1. The van der Waals surface area contributed by atoms with Gasteiger partial charge in [0.15, 0.2) is 0 Å². The van der Waals surface area contributed by atoms with E-state index in [1.807, 2.05) is 22.7 Å². The lowest BCUT2D eigenvalue weighted by Gasteiger charge is -2.20. The Labute approximate surface area is 119 Å². The predicted molar refractivity (Wildman–Crippen MR) is 81.7 cm³/mol. The Kier molecular flexibility index (Phi) is 6.08. The first-order valence-corrected chi connectivity index (χ1v) is 8.16. The van der Waals surface area contributed by atoms with Crippen LogP contribution in [-0.4, -0.2) is 42.1 Å². The first kappa shape index (κ1) is 14.3. The standard InChI is InChI=1S/C15H22N2OS/c18-15(17-10-5-12-19-13-11-17)16-9-4-8-14-6-2-1-3-7-14/h1-3,6-7H,4-5,8-13H2,(H,16,18). The number of hydrogen-bond acceptors (Lipinski definition) is 2. The number of carbonyl (C=O) groups is 1. The number of carbonyl (C=O) groups excluding carboxylic acids is 1. The third-order valence-corrected chi connectivity index (χ3v) is 4.32. The zero-order chi connectivity index (χ0) is 13.3. The summed E-state index contributed by atoms with van der Waals surface area (Å²) >= 11 is 1.94. The maximum Gasteiger partial charge on any atom is 0.317 e. The van der Waals surface area contributed by atoms with Crippen LogP contribution in [0.1, 0.15) is 18.4 Å². The van der Waals surface area contributed by atoms with Gasteiger partial charge in [0.1, 0.15) is 0 Å². The number of nitrogens with one attached hydrogen (secondary N) is 1. The SMILES string of the molecule is O=C(NCCCc1ccccc1)N1CCCSCC1.